The molecule has 23 heavy (non-hydrogen) atoms. The summed E-state index contributed by atoms with van der Waals surface area (Å²) in [6.45, 7) is 0.619. The quantitative estimate of drug-likeness (QED) is 0.924. The predicted molar refractivity (Wildman–Crippen MR) is 88.0 cm³/mol. The number of amides is 3. The van der Waals surface area contributed by atoms with Gasteiger partial charge in [-0.2, -0.15) is 0 Å². The van der Waals surface area contributed by atoms with Gasteiger partial charge in [0.1, 0.15) is 0 Å². The molecule has 0 bridgehead atoms. The Labute approximate surface area is 135 Å². The maximum Gasteiger partial charge on any atom is 0.328 e. The van der Waals surface area contributed by atoms with Crippen LogP contribution >= 0.6 is 0 Å². The third kappa shape index (κ3) is 4.16. The van der Waals surface area contributed by atoms with Crippen LogP contribution in [-0.2, 0) is 11.2 Å². The molecule has 0 unspecified atom stereocenters. The number of urea groups is 1. The van der Waals surface area contributed by atoms with Crippen molar-refractivity contribution in [3.8, 4) is 0 Å². The van der Waals surface area contributed by atoms with Gasteiger partial charge in [-0.05, 0) is 36.5 Å². The lowest BCUT2D eigenvalue weighted by molar-refractivity contribution is -0.117. The summed E-state index contributed by atoms with van der Waals surface area (Å²) < 4.78 is 0. The predicted octanol–water partition coefficient (Wildman–Crippen LogP) is 2.78. The number of aromatic nitrogens is 1. The molecular formula is C18H19N3O2. The van der Waals surface area contributed by atoms with Gasteiger partial charge in [0.05, 0.1) is 18.3 Å². The second-order valence-corrected chi connectivity index (χ2v) is 5.73. The fourth-order valence-electron chi connectivity index (χ4n) is 2.34. The summed E-state index contributed by atoms with van der Waals surface area (Å²) >= 11 is 0. The molecule has 1 aliphatic rings. The average Bonchev–Trinajstić information content (AvgIpc) is 3.39. The first kappa shape index (κ1) is 15.2. The van der Waals surface area contributed by atoms with Crippen LogP contribution in [0.5, 0.6) is 0 Å². The van der Waals surface area contributed by atoms with E-state index in [0.717, 1.165) is 18.4 Å². The van der Waals surface area contributed by atoms with Crippen LogP contribution in [0.3, 0.4) is 0 Å². The van der Waals surface area contributed by atoms with Crippen LogP contribution in [0.15, 0.2) is 54.9 Å². The van der Waals surface area contributed by atoms with Crippen LogP contribution in [0.4, 0.5) is 10.5 Å². The largest absolute Gasteiger partial charge is 0.337 e. The van der Waals surface area contributed by atoms with E-state index in [4.69, 9.17) is 0 Å². The number of pyridine rings is 1. The lowest BCUT2D eigenvalue weighted by atomic mass is 10.1. The molecule has 3 amide bonds. The van der Waals surface area contributed by atoms with Gasteiger partial charge in [0.2, 0.25) is 5.91 Å². The molecule has 1 aromatic carbocycles. The summed E-state index contributed by atoms with van der Waals surface area (Å²) in [5.74, 6) is 0.288. The van der Waals surface area contributed by atoms with Gasteiger partial charge >= 0.3 is 6.03 Å². The monoisotopic (exact) mass is 309 g/mol. The zero-order valence-electron chi connectivity index (χ0n) is 12.8. The van der Waals surface area contributed by atoms with Gasteiger partial charge in [0.25, 0.3) is 0 Å². The molecule has 1 heterocycles. The number of nitrogens with one attached hydrogen (secondary N) is 1. The van der Waals surface area contributed by atoms with Crippen LogP contribution < -0.4 is 10.2 Å². The van der Waals surface area contributed by atoms with Crippen LogP contribution in [0.2, 0.25) is 0 Å². The van der Waals surface area contributed by atoms with Crippen molar-refractivity contribution >= 4 is 17.6 Å². The van der Waals surface area contributed by atoms with E-state index < -0.39 is 0 Å². The van der Waals surface area contributed by atoms with Gasteiger partial charge in [-0.25, -0.2) is 9.69 Å². The lowest BCUT2D eigenvalue weighted by Crippen LogP contribution is -2.45. The SMILES string of the molecule is O=C(Cc1ccccc1)N(C(=O)NCC1CC1)c1cccnc1. The first-order valence-electron chi connectivity index (χ1n) is 7.79. The summed E-state index contributed by atoms with van der Waals surface area (Å²) in [6, 6.07) is 12.5. The molecule has 1 aliphatic carbocycles. The number of imide groups is 1. The molecule has 0 aliphatic heterocycles. The number of hydrogen-bond acceptors (Lipinski definition) is 3. The van der Waals surface area contributed by atoms with E-state index in [2.05, 4.69) is 10.3 Å². The molecule has 118 valence electrons. The Balaban J connectivity index is 1.76. The highest BCUT2D eigenvalue weighted by atomic mass is 16.2. The number of nitrogens with zero attached hydrogens (tertiary/aromatic N) is 2. The first-order chi connectivity index (χ1) is 11.2. The van der Waals surface area contributed by atoms with Crippen LogP contribution in [0.1, 0.15) is 18.4 Å². The second-order valence-electron chi connectivity index (χ2n) is 5.73. The van der Waals surface area contributed by atoms with Crippen molar-refractivity contribution in [2.75, 3.05) is 11.4 Å². The van der Waals surface area contributed by atoms with Crippen molar-refractivity contribution in [1.82, 2.24) is 10.3 Å². The Morgan fingerprint density at radius 3 is 2.57 bits per heavy atom. The molecule has 0 saturated heterocycles. The number of carbonyl (C=O) groups excluding carboxylic acids is 2. The average molecular weight is 309 g/mol. The smallest absolute Gasteiger partial charge is 0.328 e. The Hall–Kier alpha value is -2.69. The van der Waals surface area contributed by atoms with Crippen molar-refractivity contribution in [2.24, 2.45) is 5.92 Å². The minimum absolute atomic E-state index is 0.173. The molecule has 3 rings (SSSR count). The topological polar surface area (TPSA) is 62.3 Å². The molecule has 1 aromatic heterocycles. The third-order valence-electron chi connectivity index (χ3n) is 3.79. The van der Waals surface area contributed by atoms with E-state index in [1.165, 1.54) is 11.1 Å². The fourth-order valence-corrected chi connectivity index (χ4v) is 2.34. The van der Waals surface area contributed by atoms with Crippen molar-refractivity contribution in [1.29, 1.82) is 0 Å². The minimum atomic E-state index is -0.383. The standard InChI is InChI=1S/C18H19N3O2/c22-17(11-14-5-2-1-3-6-14)21(16-7-4-10-19-13-16)18(23)20-12-15-8-9-15/h1-7,10,13,15H,8-9,11-12H2,(H,20,23). The van der Waals surface area contributed by atoms with Gasteiger partial charge in [-0.3, -0.25) is 9.78 Å². The summed E-state index contributed by atoms with van der Waals surface area (Å²) in [7, 11) is 0. The fraction of sp³-hybridized carbons (Fsp3) is 0.278. The Morgan fingerprint density at radius 2 is 1.91 bits per heavy atom. The summed E-state index contributed by atoms with van der Waals surface area (Å²) in [4.78, 5) is 30.3. The summed E-state index contributed by atoms with van der Waals surface area (Å²) in [5.41, 5.74) is 1.36. The molecular weight excluding hydrogens is 290 g/mol. The van der Waals surface area contributed by atoms with Crippen molar-refractivity contribution < 1.29 is 9.59 Å². The maximum atomic E-state index is 12.7. The number of carbonyl (C=O) groups is 2. The second kappa shape index (κ2) is 7.05. The van der Waals surface area contributed by atoms with Gasteiger partial charge < -0.3 is 5.32 Å². The number of anilines is 1. The molecule has 5 heteroatoms. The highest BCUT2D eigenvalue weighted by Gasteiger charge is 2.27. The van der Waals surface area contributed by atoms with Crippen molar-refractivity contribution in [3.63, 3.8) is 0 Å². The van der Waals surface area contributed by atoms with E-state index in [0.29, 0.717) is 18.2 Å². The van der Waals surface area contributed by atoms with Gasteiger partial charge in [-0.1, -0.05) is 30.3 Å². The molecule has 2 aromatic rings. The number of hydrogen-bond donors (Lipinski definition) is 1. The third-order valence-corrected chi connectivity index (χ3v) is 3.79. The normalized spacial score (nSPS) is 13.4. The Bertz CT molecular complexity index is 669. The molecule has 1 fully saturated rings. The van der Waals surface area contributed by atoms with Gasteiger partial charge in [0, 0.05) is 12.7 Å². The first-order valence-corrected chi connectivity index (χ1v) is 7.79. The van der Waals surface area contributed by atoms with Crippen molar-refractivity contribution in [2.45, 2.75) is 19.3 Å². The van der Waals surface area contributed by atoms with Crippen LogP contribution in [-0.4, -0.2) is 23.5 Å². The zero-order valence-corrected chi connectivity index (χ0v) is 12.8. The molecule has 5 nitrogen and oxygen atoms in total. The molecule has 0 radical (unpaired) electrons. The highest BCUT2D eigenvalue weighted by molar-refractivity contribution is 6.14. The highest BCUT2D eigenvalue weighted by Crippen LogP contribution is 2.27. The van der Waals surface area contributed by atoms with E-state index in [1.54, 1.807) is 18.3 Å². The molecule has 1 N–H and O–H groups in total. The molecule has 0 spiro atoms. The van der Waals surface area contributed by atoms with E-state index >= 15 is 0 Å². The zero-order chi connectivity index (χ0) is 16.1. The summed E-state index contributed by atoms with van der Waals surface area (Å²) in [5, 5.41) is 2.85. The number of benzene rings is 1. The Kier molecular flexibility index (Phi) is 4.66. The summed E-state index contributed by atoms with van der Waals surface area (Å²) in [6.07, 6.45) is 5.61. The molecule has 1 saturated carbocycles. The van der Waals surface area contributed by atoms with Gasteiger partial charge in [-0.15, -0.1) is 0 Å². The van der Waals surface area contributed by atoms with Gasteiger partial charge in [0.15, 0.2) is 0 Å². The Morgan fingerprint density at radius 1 is 1.13 bits per heavy atom. The molecule has 0 atom stereocenters. The van der Waals surface area contributed by atoms with E-state index in [1.807, 2.05) is 30.3 Å². The lowest BCUT2D eigenvalue weighted by Gasteiger charge is -2.21. The number of rotatable bonds is 5. The van der Waals surface area contributed by atoms with Crippen LogP contribution in [0.25, 0.3) is 0 Å². The minimum Gasteiger partial charge on any atom is -0.337 e. The van der Waals surface area contributed by atoms with E-state index in [-0.39, 0.29) is 18.4 Å². The van der Waals surface area contributed by atoms with Crippen LogP contribution in [0, 0.1) is 5.92 Å². The van der Waals surface area contributed by atoms with E-state index in [9.17, 15) is 9.59 Å². The van der Waals surface area contributed by atoms with Crippen molar-refractivity contribution in [3.05, 3.63) is 60.4 Å². The maximum absolute atomic E-state index is 12.7.